The van der Waals surface area contributed by atoms with Gasteiger partial charge in [-0.1, -0.05) is 75.4 Å². The first kappa shape index (κ1) is 18.7. The number of hydrogen-bond donors (Lipinski definition) is 1. The van der Waals surface area contributed by atoms with Crippen LogP contribution in [-0.4, -0.2) is 11.9 Å². The van der Waals surface area contributed by atoms with Crippen LogP contribution in [0.2, 0.25) is 0 Å². The van der Waals surface area contributed by atoms with Crippen molar-refractivity contribution < 1.29 is 14.7 Å². The number of carbonyl (C=O) groups excluding carboxylic acids is 2. The summed E-state index contributed by atoms with van der Waals surface area (Å²) in [5, 5.41) is 13.9. The van der Waals surface area contributed by atoms with E-state index in [-0.39, 0.29) is 24.2 Å². The van der Waals surface area contributed by atoms with Crippen molar-refractivity contribution >= 4 is 11.9 Å². The molecule has 4 heteroatoms. The molecule has 2 aromatic carbocycles. The molecule has 0 fully saturated rings. The average molecular weight is 338 g/mol. The zero-order valence-electron chi connectivity index (χ0n) is 14.9. The van der Waals surface area contributed by atoms with Crippen molar-refractivity contribution in [2.45, 2.75) is 45.1 Å². The molecular formula is C21H24NO3-. The van der Waals surface area contributed by atoms with Crippen molar-refractivity contribution in [1.82, 2.24) is 5.32 Å². The van der Waals surface area contributed by atoms with Crippen LogP contribution < -0.4 is 10.4 Å². The number of carbonyl (C=O) groups is 2. The van der Waals surface area contributed by atoms with Crippen molar-refractivity contribution in [2.75, 3.05) is 0 Å². The van der Waals surface area contributed by atoms with Crippen LogP contribution in [0.4, 0.5) is 0 Å². The Morgan fingerprint density at radius 3 is 2.12 bits per heavy atom. The second-order valence-corrected chi connectivity index (χ2v) is 7.23. The van der Waals surface area contributed by atoms with Gasteiger partial charge in [0.1, 0.15) is 0 Å². The molecule has 0 bridgehead atoms. The quantitative estimate of drug-likeness (QED) is 0.880. The van der Waals surface area contributed by atoms with Crippen molar-refractivity contribution in [1.29, 1.82) is 0 Å². The molecule has 132 valence electrons. The van der Waals surface area contributed by atoms with Crippen molar-refractivity contribution in [2.24, 2.45) is 0 Å². The Morgan fingerprint density at radius 1 is 1.00 bits per heavy atom. The molecule has 0 unspecified atom stereocenters. The Balaban J connectivity index is 2.13. The third-order valence-electron chi connectivity index (χ3n) is 4.09. The minimum Gasteiger partial charge on any atom is -0.550 e. The summed E-state index contributed by atoms with van der Waals surface area (Å²) in [7, 11) is 0. The monoisotopic (exact) mass is 338 g/mol. The van der Waals surface area contributed by atoms with Gasteiger partial charge in [-0.2, -0.15) is 0 Å². The number of rotatable bonds is 6. The van der Waals surface area contributed by atoms with E-state index in [1.54, 1.807) is 0 Å². The molecule has 0 saturated carbocycles. The SMILES string of the molecule is CC(C)(C)c1ccc([C@H](CC(=O)[O-])NC(=O)Cc2ccccc2)cc1. The number of aliphatic carboxylic acids is 1. The van der Waals surface area contributed by atoms with Gasteiger partial charge in [0.25, 0.3) is 0 Å². The van der Waals surface area contributed by atoms with E-state index in [2.05, 4.69) is 26.1 Å². The Kier molecular flexibility index (Phi) is 5.97. The molecule has 1 atom stereocenters. The van der Waals surface area contributed by atoms with E-state index in [4.69, 9.17) is 0 Å². The molecule has 0 aliphatic carbocycles. The zero-order valence-corrected chi connectivity index (χ0v) is 14.9. The lowest BCUT2D eigenvalue weighted by Gasteiger charge is -2.23. The van der Waals surface area contributed by atoms with Crippen LogP contribution in [0.15, 0.2) is 54.6 Å². The second-order valence-electron chi connectivity index (χ2n) is 7.23. The number of carboxylic acids is 1. The van der Waals surface area contributed by atoms with Gasteiger partial charge in [-0.05, 0) is 22.1 Å². The van der Waals surface area contributed by atoms with Gasteiger partial charge < -0.3 is 15.2 Å². The molecule has 2 rings (SSSR count). The molecular weight excluding hydrogens is 314 g/mol. The third kappa shape index (κ3) is 5.75. The van der Waals surface area contributed by atoms with Gasteiger partial charge in [0.2, 0.25) is 5.91 Å². The molecule has 0 aromatic heterocycles. The first-order valence-corrected chi connectivity index (χ1v) is 8.39. The summed E-state index contributed by atoms with van der Waals surface area (Å²) in [5.74, 6) is -1.40. The lowest BCUT2D eigenvalue weighted by atomic mass is 9.86. The molecule has 1 amide bonds. The fraction of sp³-hybridized carbons (Fsp3) is 0.333. The maximum atomic E-state index is 12.3. The summed E-state index contributed by atoms with van der Waals surface area (Å²) in [6.45, 7) is 6.34. The van der Waals surface area contributed by atoms with Crippen molar-refractivity contribution in [3.63, 3.8) is 0 Å². The summed E-state index contributed by atoms with van der Waals surface area (Å²) in [5.41, 5.74) is 2.81. The molecule has 0 spiro atoms. The lowest BCUT2D eigenvalue weighted by molar-refractivity contribution is -0.306. The first-order valence-electron chi connectivity index (χ1n) is 8.39. The number of nitrogens with one attached hydrogen (secondary N) is 1. The predicted molar refractivity (Wildman–Crippen MR) is 95.8 cm³/mol. The minimum absolute atomic E-state index is 0.0128. The third-order valence-corrected chi connectivity index (χ3v) is 4.09. The summed E-state index contributed by atoms with van der Waals surface area (Å²) in [4.78, 5) is 23.4. The maximum absolute atomic E-state index is 12.3. The molecule has 0 heterocycles. The number of carboxylic acid groups (broad SMARTS) is 1. The number of benzene rings is 2. The summed E-state index contributed by atoms with van der Waals surface area (Å²) >= 11 is 0. The molecule has 2 aromatic rings. The highest BCUT2D eigenvalue weighted by molar-refractivity contribution is 5.79. The van der Waals surface area contributed by atoms with Crippen LogP contribution >= 0.6 is 0 Å². The fourth-order valence-electron chi connectivity index (χ4n) is 2.66. The molecule has 0 saturated heterocycles. The predicted octanol–water partition coefficient (Wildman–Crippen LogP) is 2.52. The molecule has 0 aliphatic heterocycles. The van der Waals surface area contributed by atoms with Crippen molar-refractivity contribution in [3.8, 4) is 0 Å². The van der Waals surface area contributed by atoms with Crippen LogP contribution in [-0.2, 0) is 21.4 Å². The van der Waals surface area contributed by atoms with Crippen molar-refractivity contribution in [3.05, 3.63) is 71.3 Å². The summed E-state index contributed by atoms with van der Waals surface area (Å²) in [6, 6.07) is 16.4. The van der Waals surface area contributed by atoms with Crippen LogP contribution in [0.1, 0.15) is 49.9 Å². The highest BCUT2D eigenvalue weighted by atomic mass is 16.4. The molecule has 0 radical (unpaired) electrons. The summed E-state index contributed by atoms with van der Waals surface area (Å²) < 4.78 is 0. The largest absolute Gasteiger partial charge is 0.550 e. The van der Waals surface area contributed by atoms with Crippen LogP contribution in [0.25, 0.3) is 0 Å². The standard InChI is InChI=1S/C21H25NO3/c1-21(2,3)17-11-9-16(10-12-17)18(14-20(24)25)22-19(23)13-15-7-5-4-6-8-15/h4-12,18H,13-14H2,1-3H3,(H,22,23)(H,24,25)/p-1/t18-/m0/s1. The minimum atomic E-state index is -1.19. The van der Waals surface area contributed by atoms with E-state index >= 15 is 0 Å². The maximum Gasteiger partial charge on any atom is 0.224 e. The summed E-state index contributed by atoms with van der Waals surface area (Å²) in [6.07, 6.45) is -0.0418. The van der Waals surface area contributed by atoms with E-state index in [9.17, 15) is 14.7 Å². The smallest absolute Gasteiger partial charge is 0.224 e. The Bertz CT molecular complexity index is 715. The van der Waals surface area contributed by atoms with E-state index in [0.29, 0.717) is 0 Å². The van der Waals surface area contributed by atoms with E-state index in [1.807, 2.05) is 54.6 Å². The molecule has 0 aliphatic rings. The molecule has 4 nitrogen and oxygen atoms in total. The van der Waals surface area contributed by atoms with E-state index < -0.39 is 12.0 Å². The number of amides is 1. The molecule has 1 N–H and O–H groups in total. The Morgan fingerprint density at radius 2 is 1.60 bits per heavy atom. The number of hydrogen-bond acceptors (Lipinski definition) is 3. The van der Waals surface area contributed by atoms with Gasteiger partial charge in [0.05, 0.1) is 12.5 Å². The Labute approximate surface area is 148 Å². The Hall–Kier alpha value is -2.62. The fourth-order valence-corrected chi connectivity index (χ4v) is 2.66. The highest BCUT2D eigenvalue weighted by Crippen LogP contribution is 2.25. The molecule has 25 heavy (non-hydrogen) atoms. The van der Waals surface area contributed by atoms with Gasteiger partial charge in [0, 0.05) is 12.4 Å². The van der Waals surface area contributed by atoms with Gasteiger partial charge in [0.15, 0.2) is 0 Å². The lowest BCUT2D eigenvalue weighted by Crippen LogP contribution is -2.35. The average Bonchev–Trinajstić information content (AvgIpc) is 2.54. The van der Waals surface area contributed by atoms with Gasteiger partial charge in [-0.25, -0.2) is 0 Å². The van der Waals surface area contributed by atoms with Crippen LogP contribution in [0, 0.1) is 0 Å². The zero-order chi connectivity index (χ0) is 18.4. The van der Waals surface area contributed by atoms with Gasteiger partial charge >= 0.3 is 0 Å². The highest BCUT2D eigenvalue weighted by Gasteiger charge is 2.18. The topological polar surface area (TPSA) is 69.2 Å². The van der Waals surface area contributed by atoms with Crippen LogP contribution in [0.3, 0.4) is 0 Å². The van der Waals surface area contributed by atoms with E-state index in [0.717, 1.165) is 16.7 Å². The van der Waals surface area contributed by atoms with E-state index in [1.165, 1.54) is 0 Å². The van der Waals surface area contributed by atoms with Gasteiger partial charge in [-0.3, -0.25) is 4.79 Å². The van der Waals surface area contributed by atoms with Gasteiger partial charge in [-0.15, -0.1) is 0 Å². The first-order chi connectivity index (χ1) is 11.8. The normalized spacial score (nSPS) is 12.4. The second kappa shape index (κ2) is 7.97. The van der Waals surface area contributed by atoms with Crippen LogP contribution in [0.5, 0.6) is 0 Å².